The highest BCUT2D eigenvalue weighted by molar-refractivity contribution is 7.89. The van der Waals surface area contributed by atoms with Crippen molar-refractivity contribution in [2.45, 2.75) is 18.7 Å². The average molecular weight is 511 g/mol. The third-order valence-corrected chi connectivity index (χ3v) is 7.70. The molecular weight excluding hydrogens is 484 g/mol. The van der Waals surface area contributed by atoms with Gasteiger partial charge in [0.1, 0.15) is 11.5 Å². The highest BCUT2D eigenvalue weighted by Gasteiger charge is 2.26. The number of methoxy groups -OCH3 is 2. The minimum absolute atomic E-state index is 0.0846. The van der Waals surface area contributed by atoms with E-state index < -0.39 is 16.0 Å². The molecule has 9 nitrogen and oxygen atoms in total. The summed E-state index contributed by atoms with van der Waals surface area (Å²) in [5, 5.41) is 0. The van der Waals surface area contributed by atoms with Crippen molar-refractivity contribution in [2.24, 2.45) is 4.99 Å². The monoisotopic (exact) mass is 510 g/mol. The lowest BCUT2D eigenvalue weighted by Crippen LogP contribution is -2.30. The van der Waals surface area contributed by atoms with Crippen molar-refractivity contribution in [3.8, 4) is 22.8 Å². The van der Waals surface area contributed by atoms with Crippen LogP contribution in [-0.4, -0.2) is 51.9 Å². The fourth-order valence-corrected chi connectivity index (χ4v) is 5.18. The normalized spacial score (nSPS) is 14.8. The number of benzene rings is 2. The van der Waals surface area contributed by atoms with Crippen LogP contribution in [-0.2, 0) is 19.6 Å². The summed E-state index contributed by atoms with van der Waals surface area (Å²) >= 11 is 0. The van der Waals surface area contributed by atoms with Crippen LogP contribution in [0.15, 0.2) is 74.6 Å². The quantitative estimate of drug-likeness (QED) is 0.311. The third-order valence-electron chi connectivity index (χ3n) is 5.64. The number of sulfonamides is 1. The van der Waals surface area contributed by atoms with Crippen molar-refractivity contribution in [2.75, 3.05) is 27.3 Å². The van der Waals surface area contributed by atoms with E-state index in [0.717, 1.165) is 0 Å². The molecule has 2 aromatic carbocycles. The van der Waals surface area contributed by atoms with Crippen LogP contribution in [0, 0.1) is 0 Å². The highest BCUT2D eigenvalue weighted by Crippen LogP contribution is 2.30. The maximum absolute atomic E-state index is 12.7. The fourth-order valence-electron chi connectivity index (χ4n) is 3.73. The minimum atomic E-state index is -3.54. The summed E-state index contributed by atoms with van der Waals surface area (Å²) in [5.74, 6) is 1.48. The Bertz CT molecular complexity index is 1430. The molecule has 0 N–H and O–H groups in total. The van der Waals surface area contributed by atoms with Crippen molar-refractivity contribution in [1.82, 2.24) is 4.31 Å². The van der Waals surface area contributed by atoms with Gasteiger partial charge in [0.2, 0.25) is 15.9 Å². The Morgan fingerprint density at radius 1 is 0.917 bits per heavy atom. The van der Waals surface area contributed by atoms with Gasteiger partial charge in [-0.2, -0.15) is 4.31 Å². The topological polar surface area (TPSA) is 108 Å². The molecule has 0 aliphatic carbocycles. The average Bonchev–Trinajstić information content (AvgIpc) is 3.51. The molecule has 4 rings (SSSR count). The molecule has 0 radical (unpaired) electrons. The van der Waals surface area contributed by atoms with Crippen LogP contribution in [0.25, 0.3) is 17.4 Å². The lowest BCUT2D eigenvalue weighted by atomic mass is 10.2. The second kappa shape index (κ2) is 10.4. The molecule has 0 saturated heterocycles. The van der Waals surface area contributed by atoms with Crippen LogP contribution in [0.2, 0.25) is 0 Å². The van der Waals surface area contributed by atoms with Gasteiger partial charge in [-0.15, -0.1) is 0 Å². The number of nitrogens with zero attached hydrogens (tertiary/aromatic N) is 2. The van der Waals surface area contributed by atoms with Crippen molar-refractivity contribution < 1.29 is 31.8 Å². The van der Waals surface area contributed by atoms with E-state index in [-0.39, 0.29) is 16.5 Å². The molecule has 0 saturated carbocycles. The second-order valence-corrected chi connectivity index (χ2v) is 9.66. The molecule has 0 fully saturated rings. The predicted molar refractivity (Wildman–Crippen MR) is 134 cm³/mol. The maximum Gasteiger partial charge on any atom is 0.363 e. The maximum atomic E-state index is 12.7. The van der Waals surface area contributed by atoms with Crippen molar-refractivity contribution >= 4 is 28.0 Å². The molecule has 0 bridgehead atoms. The van der Waals surface area contributed by atoms with Gasteiger partial charge < -0.3 is 18.6 Å². The van der Waals surface area contributed by atoms with Gasteiger partial charge in [0, 0.05) is 30.3 Å². The molecule has 36 heavy (non-hydrogen) atoms. The van der Waals surface area contributed by atoms with Gasteiger partial charge in [0.05, 0.1) is 19.1 Å². The lowest BCUT2D eigenvalue weighted by molar-refractivity contribution is -0.129. The van der Waals surface area contributed by atoms with Crippen LogP contribution >= 0.6 is 0 Å². The summed E-state index contributed by atoms with van der Waals surface area (Å²) in [6, 6.07) is 15.0. The van der Waals surface area contributed by atoms with Crippen LogP contribution < -0.4 is 9.47 Å². The number of ether oxygens (including phenoxy) is 3. The van der Waals surface area contributed by atoms with Gasteiger partial charge in [-0.3, -0.25) is 0 Å². The Hall–Kier alpha value is -3.89. The molecule has 0 atom stereocenters. The predicted octanol–water partition coefficient (Wildman–Crippen LogP) is 4.34. The Kier molecular flexibility index (Phi) is 7.27. The molecule has 3 aromatic rings. The zero-order valence-corrected chi connectivity index (χ0v) is 21.2. The number of hydrogen-bond acceptors (Lipinski definition) is 8. The van der Waals surface area contributed by atoms with E-state index in [9.17, 15) is 13.2 Å². The summed E-state index contributed by atoms with van der Waals surface area (Å²) in [6.45, 7) is 4.40. The van der Waals surface area contributed by atoms with Crippen LogP contribution in [0.1, 0.15) is 25.2 Å². The SMILES string of the molecule is CCN(CC)S(=O)(=O)c1ccc(-c2ccc(/C=C3\N=C(c4ccc(OC)c(OC)c4)OC3=O)o2)cc1. The molecule has 188 valence electrons. The molecule has 10 heteroatoms. The van der Waals surface area contributed by atoms with E-state index in [2.05, 4.69) is 4.99 Å². The smallest absolute Gasteiger partial charge is 0.363 e. The Labute approximate surface area is 209 Å². The summed E-state index contributed by atoms with van der Waals surface area (Å²) in [6.07, 6.45) is 1.48. The largest absolute Gasteiger partial charge is 0.493 e. The number of carbonyl (C=O) groups is 1. The standard InChI is InChI=1S/C26H26N2O7S/c1-5-28(6-2)36(30,31)20-11-7-17(8-12-20)22-14-10-19(34-22)16-21-26(29)35-25(27-21)18-9-13-23(32-3)24(15-18)33-4/h7-16H,5-6H2,1-4H3/b21-16-. The molecular formula is C26H26N2O7S. The van der Waals surface area contributed by atoms with Crippen LogP contribution in [0.5, 0.6) is 11.5 Å². The van der Waals surface area contributed by atoms with E-state index in [0.29, 0.717) is 47.2 Å². The Morgan fingerprint density at radius 3 is 2.22 bits per heavy atom. The molecule has 0 unspecified atom stereocenters. The third kappa shape index (κ3) is 4.91. The summed E-state index contributed by atoms with van der Waals surface area (Å²) in [5.41, 5.74) is 1.34. The molecule has 1 aromatic heterocycles. The Balaban J connectivity index is 1.56. The highest BCUT2D eigenvalue weighted by atomic mass is 32.2. The number of hydrogen-bond donors (Lipinski definition) is 0. The van der Waals surface area contributed by atoms with E-state index in [1.165, 1.54) is 24.6 Å². The summed E-state index contributed by atoms with van der Waals surface area (Å²) in [7, 11) is -0.493. The van der Waals surface area contributed by atoms with Gasteiger partial charge >= 0.3 is 5.97 Å². The molecule has 1 aliphatic heterocycles. The molecule has 0 amide bonds. The van der Waals surface area contributed by atoms with Gasteiger partial charge in [-0.1, -0.05) is 13.8 Å². The molecule has 1 aliphatic rings. The first-order valence-electron chi connectivity index (χ1n) is 11.3. The first-order chi connectivity index (χ1) is 17.3. The van der Waals surface area contributed by atoms with E-state index in [1.807, 2.05) is 0 Å². The number of rotatable bonds is 9. The van der Waals surface area contributed by atoms with Gasteiger partial charge in [0.15, 0.2) is 17.2 Å². The molecule has 2 heterocycles. The zero-order chi connectivity index (χ0) is 25.9. The summed E-state index contributed by atoms with van der Waals surface area (Å²) < 4.78 is 48.5. The number of cyclic esters (lactones) is 1. The number of carbonyl (C=O) groups excluding carboxylic acids is 1. The number of esters is 1. The summed E-state index contributed by atoms with van der Waals surface area (Å²) in [4.78, 5) is 16.9. The second-order valence-electron chi connectivity index (χ2n) is 7.72. The minimum Gasteiger partial charge on any atom is -0.493 e. The first kappa shape index (κ1) is 25.2. The van der Waals surface area contributed by atoms with Gasteiger partial charge in [0.25, 0.3) is 0 Å². The first-order valence-corrected chi connectivity index (χ1v) is 12.7. The number of furan rings is 1. The van der Waals surface area contributed by atoms with Crippen LogP contribution in [0.4, 0.5) is 0 Å². The fraction of sp³-hybridized carbons (Fsp3) is 0.231. The van der Waals surface area contributed by atoms with Crippen molar-refractivity contribution in [1.29, 1.82) is 0 Å². The van der Waals surface area contributed by atoms with Crippen molar-refractivity contribution in [3.05, 3.63) is 71.6 Å². The Morgan fingerprint density at radius 2 is 1.58 bits per heavy atom. The van der Waals surface area contributed by atoms with Gasteiger partial charge in [-0.25, -0.2) is 18.2 Å². The van der Waals surface area contributed by atoms with Gasteiger partial charge in [-0.05, 0) is 54.6 Å². The lowest BCUT2D eigenvalue weighted by Gasteiger charge is -2.18. The van der Waals surface area contributed by atoms with E-state index >= 15 is 0 Å². The van der Waals surface area contributed by atoms with Crippen LogP contribution in [0.3, 0.4) is 0 Å². The number of aliphatic imine (C=N–C) groups is 1. The van der Waals surface area contributed by atoms with E-state index in [4.69, 9.17) is 18.6 Å². The molecule has 0 spiro atoms. The van der Waals surface area contributed by atoms with Crippen molar-refractivity contribution in [3.63, 3.8) is 0 Å². The zero-order valence-electron chi connectivity index (χ0n) is 20.3. The van der Waals surface area contributed by atoms with E-state index in [1.54, 1.807) is 68.4 Å².